The molecular formula is C19H24N2O2. The zero-order valence-electron chi connectivity index (χ0n) is 14.2. The number of nitrogens with one attached hydrogen (secondary N) is 2. The van der Waals surface area contributed by atoms with Crippen molar-refractivity contribution in [2.45, 2.75) is 27.2 Å². The Morgan fingerprint density at radius 3 is 2.35 bits per heavy atom. The second kappa shape index (κ2) is 7.68. The van der Waals surface area contributed by atoms with Crippen LogP contribution in [0.25, 0.3) is 0 Å². The van der Waals surface area contributed by atoms with Gasteiger partial charge in [0, 0.05) is 18.7 Å². The van der Waals surface area contributed by atoms with Crippen LogP contribution in [0.3, 0.4) is 0 Å². The molecule has 2 N–H and O–H groups in total. The van der Waals surface area contributed by atoms with Crippen LogP contribution in [0, 0.1) is 20.8 Å². The number of hydrogen-bond donors (Lipinski definition) is 2. The van der Waals surface area contributed by atoms with Crippen LogP contribution in [0.5, 0.6) is 5.75 Å². The summed E-state index contributed by atoms with van der Waals surface area (Å²) in [5, 5.41) is 6.20. The molecular weight excluding hydrogens is 288 g/mol. The second-order valence-electron chi connectivity index (χ2n) is 5.81. The molecule has 4 nitrogen and oxygen atoms in total. The van der Waals surface area contributed by atoms with Crippen LogP contribution in [0.1, 0.15) is 23.1 Å². The molecule has 0 aliphatic rings. The summed E-state index contributed by atoms with van der Waals surface area (Å²) in [5.41, 5.74) is 5.25. The number of ether oxygens (including phenoxy) is 1. The first-order valence-corrected chi connectivity index (χ1v) is 7.74. The van der Waals surface area contributed by atoms with Gasteiger partial charge in [-0.3, -0.25) is 4.79 Å². The largest absolute Gasteiger partial charge is 0.495 e. The number of carbonyl (C=O) groups excluding carboxylic acids is 1. The number of aryl methyl sites for hydroxylation is 3. The molecule has 0 bridgehead atoms. The molecule has 0 atom stereocenters. The van der Waals surface area contributed by atoms with Crippen molar-refractivity contribution in [3.05, 3.63) is 53.1 Å². The number of anilines is 2. The van der Waals surface area contributed by atoms with E-state index in [1.165, 1.54) is 11.1 Å². The van der Waals surface area contributed by atoms with Crippen molar-refractivity contribution in [2.75, 3.05) is 24.3 Å². The fourth-order valence-corrected chi connectivity index (χ4v) is 2.53. The SMILES string of the molecule is COc1ccc(C)cc1NC(=O)CCNc1cc(C)cc(C)c1. The van der Waals surface area contributed by atoms with Gasteiger partial charge in [-0.2, -0.15) is 0 Å². The summed E-state index contributed by atoms with van der Waals surface area (Å²) in [7, 11) is 1.60. The summed E-state index contributed by atoms with van der Waals surface area (Å²) in [4.78, 5) is 12.1. The molecule has 0 heterocycles. The van der Waals surface area contributed by atoms with Gasteiger partial charge in [0.15, 0.2) is 0 Å². The quantitative estimate of drug-likeness (QED) is 0.845. The molecule has 0 aliphatic carbocycles. The highest BCUT2D eigenvalue weighted by Gasteiger charge is 2.07. The van der Waals surface area contributed by atoms with E-state index in [4.69, 9.17) is 4.74 Å². The molecule has 0 spiro atoms. The minimum absolute atomic E-state index is 0.0363. The molecule has 2 aromatic carbocycles. The van der Waals surface area contributed by atoms with Crippen LogP contribution in [-0.4, -0.2) is 19.6 Å². The van der Waals surface area contributed by atoms with Crippen LogP contribution in [0.4, 0.5) is 11.4 Å². The van der Waals surface area contributed by atoms with Crippen molar-refractivity contribution < 1.29 is 9.53 Å². The maximum absolute atomic E-state index is 12.1. The number of methoxy groups -OCH3 is 1. The maximum atomic E-state index is 12.1. The minimum atomic E-state index is -0.0363. The first-order valence-electron chi connectivity index (χ1n) is 7.74. The van der Waals surface area contributed by atoms with Crippen molar-refractivity contribution in [3.8, 4) is 5.75 Å². The van der Waals surface area contributed by atoms with Gasteiger partial charge in [0.1, 0.15) is 5.75 Å². The molecule has 0 aliphatic heterocycles. The zero-order valence-corrected chi connectivity index (χ0v) is 14.2. The van der Waals surface area contributed by atoms with E-state index in [2.05, 4.69) is 42.7 Å². The number of hydrogen-bond acceptors (Lipinski definition) is 3. The molecule has 0 fully saturated rings. The number of carbonyl (C=O) groups is 1. The Labute approximate surface area is 137 Å². The summed E-state index contributed by atoms with van der Waals surface area (Å²) in [6.45, 7) is 6.70. The molecule has 0 aromatic heterocycles. The Balaban J connectivity index is 1.89. The first-order chi connectivity index (χ1) is 11.0. The summed E-state index contributed by atoms with van der Waals surface area (Å²) in [5.74, 6) is 0.636. The predicted octanol–water partition coefficient (Wildman–Crippen LogP) is 4.06. The monoisotopic (exact) mass is 312 g/mol. The normalized spacial score (nSPS) is 10.3. The lowest BCUT2D eigenvalue weighted by atomic mass is 10.1. The molecule has 0 saturated heterocycles. The third-order valence-corrected chi connectivity index (χ3v) is 3.53. The summed E-state index contributed by atoms with van der Waals surface area (Å²) < 4.78 is 5.27. The van der Waals surface area contributed by atoms with Crippen molar-refractivity contribution in [1.29, 1.82) is 0 Å². The zero-order chi connectivity index (χ0) is 16.8. The van der Waals surface area contributed by atoms with Gasteiger partial charge in [-0.05, 0) is 61.7 Å². The summed E-state index contributed by atoms with van der Waals surface area (Å²) in [6.07, 6.45) is 0.393. The molecule has 0 radical (unpaired) electrons. The Morgan fingerprint density at radius 1 is 1.00 bits per heavy atom. The minimum Gasteiger partial charge on any atom is -0.495 e. The highest BCUT2D eigenvalue weighted by Crippen LogP contribution is 2.25. The van der Waals surface area contributed by atoms with Gasteiger partial charge in [-0.15, -0.1) is 0 Å². The predicted molar refractivity (Wildman–Crippen MR) is 95.4 cm³/mol. The summed E-state index contributed by atoms with van der Waals surface area (Å²) in [6, 6.07) is 12.0. The van der Waals surface area contributed by atoms with E-state index >= 15 is 0 Å². The van der Waals surface area contributed by atoms with E-state index in [0.29, 0.717) is 24.4 Å². The average molecular weight is 312 g/mol. The van der Waals surface area contributed by atoms with Crippen LogP contribution in [0.15, 0.2) is 36.4 Å². The summed E-state index contributed by atoms with van der Waals surface area (Å²) >= 11 is 0. The van der Waals surface area contributed by atoms with Crippen molar-refractivity contribution in [3.63, 3.8) is 0 Å². The van der Waals surface area contributed by atoms with Crippen molar-refractivity contribution in [2.24, 2.45) is 0 Å². The van der Waals surface area contributed by atoms with Gasteiger partial charge in [0.05, 0.1) is 12.8 Å². The van der Waals surface area contributed by atoms with E-state index in [9.17, 15) is 4.79 Å². The van der Waals surface area contributed by atoms with Gasteiger partial charge < -0.3 is 15.4 Å². The third-order valence-electron chi connectivity index (χ3n) is 3.53. The van der Waals surface area contributed by atoms with Crippen LogP contribution in [-0.2, 0) is 4.79 Å². The lowest BCUT2D eigenvalue weighted by Crippen LogP contribution is -2.16. The third kappa shape index (κ3) is 5.02. The van der Waals surface area contributed by atoms with Crippen LogP contribution < -0.4 is 15.4 Å². The Hall–Kier alpha value is -2.49. The lowest BCUT2D eigenvalue weighted by molar-refractivity contribution is -0.115. The van der Waals surface area contributed by atoms with Crippen molar-refractivity contribution in [1.82, 2.24) is 0 Å². The molecule has 122 valence electrons. The van der Waals surface area contributed by atoms with Crippen LogP contribution in [0.2, 0.25) is 0 Å². The second-order valence-corrected chi connectivity index (χ2v) is 5.81. The Morgan fingerprint density at radius 2 is 1.70 bits per heavy atom. The Bertz CT molecular complexity index is 676. The molecule has 4 heteroatoms. The highest BCUT2D eigenvalue weighted by atomic mass is 16.5. The van der Waals surface area contributed by atoms with E-state index in [-0.39, 0.29) is 5.91 Å². The number of benzene rings is 2. The topological polar surface area (TPSA) is 50.4 Å². The number of rotatable bonds is 6. The van der Waals surface area contributed by atoms with Crippen molar-refractivity contribution >= 4 is 17.3 Å². The first kappa shape index (κ1) is 16.9. The average Bonchev–Trinajstić information content (AvgIpc) is 2.46. The van der Waals surface area contributed by atoms with Gasteiger partial charge in [-0.25, -0.2) is 0 Å². The molecule has 1 amide bonds. The molecule has 2 aromatic rings. The maximum Gasteiger partial charge on any atom is 0.226 e. The number of amides is 1. The van der Waals surface area contributed by atoms with Crippen LogP contribution >= 0.6 is 0 Å². The van der Waals surface area contributed by atoms with E-state index in [0.717, 1.165) is 11.3 Å². The Kier molecular flexibility index (Phi) is 5.63. The molecule has 23 heavy (non-hydrogen) atoms. The van der Waals surface area contributed by atoms with Gasteiger partial charge >= 0.3 is 0 Å². The van der Waals surface area contributed by atoms with E-state index in [1.54, 1.807) is 7.11 Å². The standard InChI is InChI=1S/C19H24N2O2/c1-13-5-6-18(23-4)17(12-13)21-19(22)7-8-20-16-10-14(2)9-15(3)11-16/h5-6,9-12,20H,7-8H2,1-4H3,(H,21,22). The van der Waals surface area contributed by atoms with E-state index < -0.39 is 0 Å². The smallest absolute Gasteiger partial charge is 0.226 e. The van der Waals surface area contributed by atoms with E-state index in [1.807, 2.05) is 25.1 Å². The molecule has 0 unspecified atom stereocenters. The molecule has 2 rings (SSSR count). The lowest BCUT2D eigenvalue weighted by Gasteiger charge is -2.12. The fourth-order valence-electron chi connectivity index (χ4n) is 2.53. The van der Waals surface area contributed by atoms with Gasteiger partial charge in [0.2, 0.25) is 5.91 Å². The van der Waals surface area contributed by atoms with Gasteiger partial charge in [-0.1, -0.05) is 12.1 Å². The highest BCUT2D eigenvalue weighted by molar-refractivity contribution is 5.92. The molecule has 0 saturated carbocycles. The fraction of sp³-hybridized carbons (Fsp3) is 0.316. The van der Waals surface area contributed by atoms with Gasteiger partial charge in [0.25, 0.3) is 0 Å².